The summed E-state index contributed by atoms with van der Waals surface area (Å²) in [5.74, 6) is 0.949. The van der Waals surface area contributed by atoms with Gasteiger partial charge in [-0.05, 0) is 65.7 Å². The summed E-state index contributed by atoms with van der Waals surface area (Å²) in [5.41, 5.74) is 7.62. The van der Waals surface area contributed by atoms with Crippen LogP contribution >= 0.6 is 0 Å². The van der Waals surface area contributed by atoms with E-state index in [1.54, 1.807) is 42.5 Å². The number of hydrogen-bond donors (Lipinski definition) is 1. The molecule has 0 saturated heterocycles. The molecule has 0 amide bonds. The normalized spacial score (nSPS) is 12.8. The summed E-state index contributed by atoms with van der Waals surface area (Å²) in [7, 11) is -2.00. The predicted octanol–water partition coefficient (Wildman–Crippen LogP) is 6.85. The van der Waals surface area contributed by atoms with Crippen molar-refractivity contribution in [2.75, 3.05) is 13.2 Å². The van der Waals surface area contributed by atoms with Gasteiger partial charge < -0.3 is 24.4 Å². The van der Waals surface area contributed by atoms with Crippen molar-refractivity contribution in [1.82, 2.24) is 0 Å². The lowest BCUT2D eigenvalue weighted by Crippen LogP contribution is -2.47. The van der Waals surface area contributed by atoms with Crippen molar-refractivity contribution < 1.29 is 27.4 Å². The van der Waals surface area contributed by atoms with Gasteiger partial charge in [0, 0.05) is 12.6 Å². The van der Waals surface area contributed by atoms with E-state index >= 15 is 0 Å². The maximum atomic E-state index is 13.3. The Morgan fingerprint density at radius 3 is 1.76 bits per heavy atom. The van der Waals surface area contributed by atoms with Crippen molar-refractivity contribution >= 4 is 8.32 Å². The topological polar surface area (TPSA) is 62.9 Å². The van der Waals surface area contributed by atoms with Crippen LogP contribution in [0.1, 0.15) is 31.9 Å². The largest absolute Gasteiger partial charge is 0.491 e. The van der Waals surface area contributed by atoms with Crippen LogP contribution in [-0.2, 0) is 17.6 Å². The number of hydrogen-bond acceptors (Lipinski definition) is 5. The van der Waals surface area contributed by atoms with Crippen molar-refractivity contribution in [2.45, 2.75) is 58.2 Å². The molecule has 0 bridgehead atoms. The van der Waals surface area contributed by atoms with Gasteiger partial charge >= 0.3 is 0 Å². The average molecular weight is 530 g/mol. The smallest absolute Gasteiger partial charge is 0.192 e. The third kappa shape index (κ3) is 8.55. The molecule has 200 valence electrons. The lowest BCUT2D eigenvalue weighted by molar-refractivity contribution is 0.121. The van der Waals surface area contributed by atoms with Gasteiger partial charge in [0.1, 0.15) is 37.2 Å². The Morgan fingerprint density at radius 2 is 1.27 bits per heavy atom. The molecule has 3 rings (SSSR count). The van der Waals surface area contributed by atoms with Gasteiger partial charge in [-0.15, -0.1) is 0 Å². The molecule has 0 fully saturated rings. The number of benzene rings is 3. The van der Waals surface area contributed by atoms with Crippen molar-refractivity contribution in [3.8, 4) is 17.2 Å². The lowest BCUT2D eigenvalue weighted by atomic mass is 10.2. The number of ether oxygens (including phenoxy) is 3. The molecule has 0 aliphatic heterocycles. The Hall–Kier alpha value is -2.94. The van der Waals surface area contributed by atoms with Crippen LogP contribution in [0.3, 0.4) is 0 Å². The summed E-state index contributed by atoms with van der Waals surface area (Å²) in [6, 6.07) is 17.5. The van der Waals surface area contributed by atoms with Crippen LogP contribution in [0, 0.1) is 11.6 Å². The van der Waals surface area contributed by atoms with Crippen molar-refractivity contribution in [3.63, 3.8) is 0 Å². The number of rotatable bonds is 12. The zero-order valence-corrected chi connectivity index (χ0v) is 23.2. The molecule has 0 spiro atoms. The molecule has 0 aromatic heterocycles. The van der Waals surface area contributed by atoms with Crippen LogP contribution in [0.4, 0.5) is 8.78 Å². The van der Waals surface area contributed by atoms with E-state index in [9.17, 15) is 8.78 Å². The molecule has 0 unspecified atom stereocenters. The third-order valence-corrected chi connectivity index (χ3v) is 11.0. The Kier molecular flexibility index (Phi) is 9.70. The first-order chi connectivity index (χ1) is 17.5. The molecular weight excluding hydrogens is 492 g/mol. The van der Waals surface area contributed by atoms with E-state index in [4.69, 9.17) is 24.4 Å². The van der Waals surface area contributed by atoms with Crippen LogP contribution < -0.4 is 19.9 Å². The van der Waals surface area contributed by atoms with Gasteiger partial charge in [-0.3, -0.25) is 0 Å². The highest BCUT2D eigenvalue weighted by Crippen LogP contribution is 2.37. The highest BCUT2D eigenvalue weighted by atomic mass is 28.4. The zero-order chi connectivity index (χ0) is 27.1. The van der Waals surface area contributed by atoms with E-state index in [1.165, 1.54) is 24.3 Å². The van der Waals surface area contributed by atoms with Crippen molar-refractivity contribution in [3.05, 3.63) is 89.5 Å². The minimum Gasteiger partial charge on any atom is -0.491 e. The molecule has 5 nitrogen and oxygen atoms in total. The fourth-order valence-electron chi connectivity index (χ4n) is 3.23. The van der Waals surface area contributed by atoms with Crippen molar-refractivity contribution in [1.29, 1.82) is 0 Å². The molecule has 3 aromatic rings. The first kappa shape index (κ1) is 28.6. The maximum absolute atomic E-state index is 13.3. The second kappa shape index (κ2) is 12.5. The van der Waals surface area contributed by atoms with Gasteiger partial charge in [0.05, 0.1) is 6.10 Å². The average Bonchev–Trinajstić information content (AvgIpc) is 2.85. The molecule has 0 aliphatic carbocycles. The van der Waals surface area contributed by atoms with E-state index in [2.05, 4.69) is 33.9 Å². The van der Waals surface area contributed by atoms with Gasteiger partial charge in [0.2, 0.25) is 0 Å². The van der Waals surface area contributed by atoms with E-state index < -0.39 is 8.32 Å². The van der Waals surface area contributed by atoms with Gasteiger partial charge in [-0.25, -0.2) is 8.78 Å². The third-order valence-electron chi connectivity index (χ3n) is 6.50. The predicted molar refractivity (Wildman–Crippen MR) is 145 cm³/mol. The Morgan fingerprint density at radius 1 is 0.757 bits per heavy atom. The summed E-state index contributed by atoms with van der Waals surface area (Å²) in [6.07, 6.45) is -0.237. The molecule has 0 aliphatic rings. The Balaban J connectivity index is 1.73. The Labute approximate surface area is 219 Å². The fourth-order valence-corrected chi connectivity index (χ4v) is 4.58. The Bertz CT molecular complexity index is 1130. The summed E-state index contributed by atoms with van der Waals surface area (Å²) in [6.45, 7) is 12.0. The number of halogens is 2. The minimum atomic E-state index is -2.00. The van der Waals surface area contributed by atoms with E-state index in [0.717, 1.165) is 11.1 Å². The molecule has 0 radical (unpaired) electrons. The lowest BCUT2D eigenvalue weighted by Gasteiger charge is -2.38. The van der Waals surface area contributed by atoms with Gasteiger partial charge in [0.15, 0.2) is 19.8 Å². The summed E-state index contributed by atoms with van der Waals surface area (Å²) >= 11 is 0. The van der Waals surface area contributed by atoms with Crippen molar-refractivity contribution in [2.24, 2.45) is 5.73 Å². The van der Waals surface area contributed by atoms with E-state index in [-0.39, 0.29) is 36.0 Å². The highest BCUT2D eigenvalue weighted by Gasteiger charge is 2.39. The molecule has 8 heteroatoms. The van der Waals surface area contributed by atoms with E-state index in [1.807, 2.05) is 0 Å². The summed E-state index contributed by atoms with van der Waals surface area (Å²) < 4.78 is 51.0. The van der Waals surface area contributed by atoms with Gasteiger partial charge in [0.25, 0.3) is 0 Å². The van der Waals surface area contributed by atoms with Crippen LogP contribution in [0.15, 0.2) is 66.7 Å². The quantitative estimate of drug-likeness (QED) is 0.260. The maximum Gasteiger partial charge on any atom is 0.192 e. The molecule has 2 N–H and O–H groups in total. The molecule has 0 saturated carbocycles. The molecule has 0 heterocycles. The number of nitrogens with two attached hydrogens (primary N) is 1. The highest BCUT2D eigenvalue weighted by molar-refractivity contribution is 6.74. The zero-order valence-electron chi connectivity index (χ0n) is 22.2. The monoisotopic (exact) mass is 529 g/mol. The first-order valence-corrected chi connectivity index (χ1v) is 15.3. The second-order valence-corrected chi connectivity index (χ2v) is 15.2. The van der Waals surface area contributed by atoms with Crippen LogP contribution in [0.5, 0.6) is 17.2 Å². The fraction of sp³-hybridized carbons (Fsp3) is 0.379. The van der Waals surface area contributed by atoms with E-state index in [0.29, 0.717) is 30.4 Å². The minimum absolute atomic E-state index is 0.0608. The molecule has 1 atom stereocenters. The molecular formula is C29H37F2NO4Si. The van der Waals surface area contributed by atoms with Gasteiger partial charge in [-0.2, -0.15) is 0 Å². The van der Waals surface area contributed by atoms with Crippen LogP contribution in [0.25, 0.3) is 0 Å². The molecule has 3 aromatic carbocycles. The van der Waals surface area contributed by atoms with Crippen LogP contribution in [-0.4, -0.2) is 27.6 Å². The van der Waals surface area contributed by atoms with Gasteiger partial charge in [-0.1, -0.05) is 45.0 Å². The molecule has 37 heavy (non-hydrogen) atoms. The van der Waals surface area contributed by atoms with Crippen LogP contribution in [0.2, 0.25) is 18.1 Å². The summed E-state index contributed by atoms with van der Waals surface area (Å²) in [5, 5.41) is 0.0608. The SMILES string of the molecule is CC(C)(C)[Si](C)(C)O[C@H](CN)COc1ccc(OCc2ccc(F)cc2)c(OCc2ccc(F)cc2)c1. The first-order valence-electron chi connectivity index (χ1n) is 12.4. The summed E-state index contributed by atoms with van der Waals surface area (Å²) in [4.78, 5) is 0. The second-order valence-electron chi connectivity index (χ2n) is 10.5. The standard InChI is InChI=1S/C29H37F2NO4Si/c1-29(2,3)37(4,5)36-26(17-32)20-33-25-14-15-27(34-18-21-6-10-23(30)11-7-21)28(16-25)35-19-22-8-12-24(31)13-9-22/h6-16,26H,17-20,32H2,1-5H3/t26-/m1/s1.